The Hall–Kier alpha value is -2.34. The Bertz CT molecular complexity index is 714. The molecule has 2 aromatic rings. The van der Waals surface area contributed by atoms with Crippen LogP contribution < -0.4 is 5.32 Å². The number of nitro groups is 1. The van der Waals surface area contributed by atoms with E-state index in [2.05, 4.69) is 12.2 Å². The molecule has 0 radical (unpaired) electrons. The van der Waals surface area contributed by atoms with Crippen molar-refractivity contribution >= 4 is 23.4 Å². The molecule has 0 aliphatic rings. The van der Waals surface area contributed by atoms with E-state index in [-0.39, 0.29) is 17.6 Å². The second-order valence-electron chi connectivity index (χ2n) is 5.86. The summed E-state index contributed by atoms with van der Waals surface area (Å²) in [7, 11) is 0. The first-order valence-electron chi connectivity index (χ1n) is 8.16. The Morgan fingerprint density at radius 2 is 1.80 bits per heavy atom. The molecule has 0 unspecified atom stereocenters. The summed E-state index contributed by atoms with van der Waals surface area (Å²) in [6.07, 6.45) is 0.835. The van der Waals surface area contributed by atoms with Crippen LogP contribution in [-0.2, 0) is 10.5 Å². The van der Waals surface area contributed by atoms with Crippen molar-refractivity contribution in [2.45, 2.75) is 32.1 Å². The molecule has 5 nitrogen and oxygen atoms in total. The molecule has 0 heterocycles. The number of nitro benzene ring substituents is 1. The fourth-order valence-electron chi connectivity index (χ4n) is 2.43. The SMILES string of the molecule is CC[C@H](NC(=O)CSCc1ccc([N+](=O)[O-])cc1)c1ccc(C)cc1. The second kappa shape index (κ2) is 9.22. The van der Waals surface area contributed by atoms with E-state index in [4.69, 9.17) is 0 Å². The van der Waals surface area contributed by atoms with Crippen molar-refractivity contribution in [1.82, 2.24) is 5.32 Å². The molecule has 0 spiro atoms. The van der Waals surface area contributed by atoms with Crippen LogP contribution in [0.5, 0.6) is 0 Å². The zero-order valence-electron chi connectivity index (χ0n) is 14.4. The molecule has 0 aliphatic heterocycles. The molecule has 2 aromatic carbocycles. The number of amides is 1. The number of benzene rings is 2. The zero-order valence-corrected chi connectivity index (χ0v) is 15.2. The summed E-state index contributed by atoms with van der Waals surface area (Å²) in [5.41, 5.74) is 3.36. The van der Waals surface area contributed by atoms with Crippen LogP contribution in [0.15, 0.2) is 48.5 Å². The van der Waals surface area contributed by atoms with E-state index >= 15 is 0 Å². The van der Waals surface area contributed by atoms with Crippen LogP contribution >= 0.6 is 11.8 Å². The lowest BCUT2D eigenvalue weighted by Crippen LogP contribution is -2.29. The molecule has 1 amide bonds. The summed E-state index contributed by atoms with van der Waals surface area (Å²) in [6, 6.07) is 14.6. The van der Waals surface area contributed by atoms with Crippen LogP contribution in [0.4, 0.5) is 5.69 Å². The maximum atomic E-state index is 12.2. The van der Waals surface area contributed by atoms with E-state index in [0.29, 0.717) is 11.5 Å². The van der Waals surface area contributed by atoms with Crippen molar-refractivity contribution in [3.05, 3.63) is 75.3 Å². The van der Waals surface area contributed by atoms with Gasteiger partial charge in [-0.1, -0.05) is 48.9 Å². The fraction of sp³-hybridized carbons (Fsp3) is 0.316. The van der Waals surface area contributed by atoms with E-state index in [1.165, 1.54) is 29.5 Å². The highest BCUT2D eigenvalue weighted by molar-refractivity contribution is 7.99. The number of carbonyl (C=O) groups is 1. The van der Waals surface area contributed by atoms with Gasteiger partial charge in [0.25, 0.3) is 5.69 Å². The molecular weight excluding hydrogens is 336 g/mol. The monoisotopic (exact) mass is 358 g/mol. The van der Waals surface area contributed by atoms with Gasteiger partial charge in [-0.15, -0.1) is 11.8 Å². The quantitative estimate of drug-likeness (QED) is 0.560. The van der Waals surface area contributed by atoms with Gasteiger partial charge in [0.1, 0.15) is 0 Å². The molecule has 1 N–H and O–H groups in total. The summed E-state index contributed by atoms with van der Waals surface area (Å²) in [5.74, 6) is 1.01. The van der Waals surface area contributed by atoms with E-state index in [1.807, 2.05) is 31.2 Å². The minimum absolute atomic E-state index is 0.000614. The predicted octanol–water partition coefficient (Wildman–Crippen LogP) is 4.40. The van der Waals surface area contributed by atoms with Gasteiger partial charge in [0.05, 0.1) is 16.7 Å². The summed E-state index contributed by atoms with van der Waals surface area (Å²) in [4.78, 5) is 22.4. The van der Waals surface area contributed by atoms with Crippen molar-refractivity contribution in [2.75, 3.05) is 5.75 Å². The van der Waals surface area contributed by atoms with Crippen molar-refractivity contribution in [3.8, 4) is 0 Å². The van der Waals surface area contributed by atoms with Gasteiger partial charge in [-0.25, -0.2) is 0 Å². The van der Waals surface area contributed by atoms with Crippen LogP contribution in [0.25, 0.3) is 0 Å². The molecule has 6 heteroatoms. The summed E-state index contributed by atoms with van der Waals surface area (Å²) >= 11 is 1.50. The summed E-state index contributed by atoms with van der Waals surface area (Å²) < 4.78 is 0. The predicted molar refractivity (Wildman–Crippen MR) is 102 cm³/mol. The van der Waals surface area contributed by atoms with Gasteiger partial charge in [0, 0.05) is 17.9 Å². The number of nitrogens with zero attached hydrogens (tertiary/aromatic N) is 1. The van der Waals surface area contributed by atoms with Crippen LogP contribution in [0.1, 0.15) is 36.1 Å². The number of thioether (sulfide) groups is 1. The van der Waals surface area contributed by atoms with E-state index in [1.54, 1.807) is 12.1 Å². The maximum Gasteiger partial charge on any atom is 0.269 e. The number of hydrogen-bond donors (Lipinski definition) is 1. The highest BCUT2D eigenvalue weighted by Crippen LogP contribution is 2.19. The topological polar surface area (TPSA) is 72.2 Å². The number of carbonyl (C=O) groups excluding carboxylic acids is 1. The van der Waals surface area contributed by atoms with Crippen molar-refractivity contribution in [2.24, 2.45) is 0 Å². The molecule has 0 aliphatic carbocycles. The van der Waals surface area contributed by atoms with Gasteiger partial charge < -0.3 is 5.32 Å². The molecule has 0 saturated heterocycles. The minimum atomic E-state index is -0.416. The van der Waals surface area contributed by atoms with Gasteiger partial charge in [-0.2, -0.15) is 0 Å². The Balaban J connectivity index is 1.81. The molecule has 25 heavy (non-hydrogen) atoms. The molecule has 132 valence electrons. The number of non-ortho nitro benzene ring substituents is 1. The van der Waals surface area contributed by atoms with Crippen LogP contribution in [0.2, 0.25) is 0 Å². The molecule has 0 fully saturated rings. The first-order chi connectivity index (χ1) is 12.0. The maximum absolute atomic E-state index is 12.2. The lowest BCUT2D eigenvalue weighted by Gasteiger charge is -2.17. The molecule has 2 rings (SSSR count). The lowest BCUT2D eigenvalue weighted by atomic mass is 10.0. The van der Waals surface area contributed by atoms with Gasteiger partial charge in [-0.05, 0) is 24.5 Å². The van der Waals surface area contributed by atoms with E-state index in [9.17, 15) is 14.9 Å². The number of nitrogens with one attached hydrogen (secondary N) is 1. The smallest absolute Gasteiger partial charge is 0.269 e. The highest BCUT2D eigenvalue weighted by Gasteiger charge is 2.12. The van der Waals surface area contributed by atoms with Crippen molar-refractivity contribution in [1.29, 1.82) is 0 Å². The van der Waals surface area contributed by atoms with Gasteiger partial charge >= 0.3 is 0 Å². The molecule has 0 saturated carbocycles. The van der Waals surface area contributed by atoms with Gasteiger partial charge in [-0.3, -0.25) is 14.9 Å². The number of hydrogen-bond acceptors (Lipinski definition) is 4. The van der Waals surface area contributed by atoms with Crippen LogP contribution in [0.3, 0.4) is 0 Å². The Morgan fingerprint density at radius 1 is 1.16 bits per heavy atom. The molecule has 0 bridgehead atoms. The third-order valence-corrected chi connectivity index (χ3v) is 4.88. The first-order valence-corrected chi connectivity index (χ1v) is 9.32. The van der Waals surface area contributed by atoms with E-state index < -0.39 is 4.92 Å². The fourth-order valence-corrected chi connectivity index (χ4v) is 3.23. The first kappa shape index (κ1) is 19.0. The largest absolute Gasteiger partial charge is 0.349 e. The normalized spacial score (nSPS) is 11.8. The Morgan fingerprint density at radius 3 is 2.36 bits per heavy atom. The zero-order chi connectivity index (χ0) is 18.2. The Kier molecular flexibility index (Phi) is 7.01. The third kappa shape index (κ3) is 5.90. The number of rotatable bonds is 8. The Labute approximate surface area is 152 Å². The summed E-state index contributed by atoms with van der Waals surface area (Å²) in [5, 5.41) is 13.7. The van der Waals surface area contributed by atoms with Crippen molar-refractivity contribution < 1.29 is 9.72 Å². The standard InChI is InChI=1S/C19H22N2O3S/c1-3-18(16-8-4-14(2)5-9-16)20-19(22)13-25-12-15-6-10-17(11-7-15)21(23)24/h4-11,18H,3,12-13H2,1-2H3,(H,20,22)/t18-/m0/s1. The van der Waals surface area contributed by atoms with Crippen LogP contribution in [0, 0.1) is 17.0 Å². The highest BCUT2D eigenvalue weighted by atomic mass is 32.2. The summed E-state index contributed by atoms with van der Waals surface area (Å²) in [6.45, 7) is 4.09. The third-order valence-electron chi connectivity index (χ3n) is 3.87. The lowest BCUT2D eigenvalue weighted by molar-refractivity contribution is -0.384. The average molecular weight is 358 g/mol. The van der Waals surface area contributed by atoms with Crippen molar-refractivity contribution in [3.63, 3.8) is 0 Å². The molecule has 0 aromatic heterocycles. The minimum Gasteiger partial charge on any atom is -0.349 e. The second-order valence-corrected chi connectivity index (χ2v) is 6.84. The molecule has 1 atom stereocenters. The average Bonchev–Trinajstić information content (AvgIpc) is 2.61. The van der Waals surface area contributed by atoms with Gasteiger partial charge in [0.2, 0.25) is 5.91 Å². The van der Waals surface area contributed by atoms with Crippen LogP contribution in [-0.4, -0.2) is 16.6 Å². The number of aryl methyl sites for hydroxylation is 1. The molecular formula is C19H22N2O3S. The van der Waals surface area contributed by atoms with E-state index in [0.717, 1.165) is 17.5 Å². The van der Waals surface area contributed by atoms with Gasteiger partial charge in [0.15, 0.2) is 0 Å².